The van der Waals surface area contributed by atoms with Gasteiger partial charge >= 0.3 is 0 Å². The summed E-state index contributed by atoms with van der Waals surface area (Å²) in [4.78, 5) is 0.316. The minimum absolute atomic E-state index is 0.316. The second kappa shape index (κ2) is 6.87. The van der Waals surface area contributed by atoms with Crippen molar-refractivity contribution >= 4 is 10.0 Å². The van der Waals surface area contributed by atoms with Crippen LogP contribution in [-0.2, 0) is 16.4 Å². The molecule has 0 unspecified atom stereocenters. The summed E-state index contributed by atoms with van der Waals surface area (Å²) in [6.07, 6.45) is 1.66. The fourth-order valence-corrected chi connectivity index (χ4v) is 3.49. The monoisotopic (exact) mass is 303 g/mol. The van der Waals surface area contributed by atoms with Gasteiger partial charge < -0.3 is 0 Å². The van der Waals surface area contributed by atoms with Gasteiger partial charge in [0.15, 0.2) is 0 Å². The molecule has 0 amide bonds. The zero-order chi connectivity index (χ0) is 15.3. The topological polar surface area (TPSA) is 46.2 Å². The molecular formula is C17H21NO2S. The third-order valence-corrected chi connectivity index (χ3v) is 4.75. The summed E-state index contributed by atoms with van der Waals surface area (Å²) >= 11 is 0. The van der Waals surface area contributed by atoms with Crippen molar-refractivity contribution in [3.8, 4) is 0 Å². The van der Waals surface area contributed by atoms with Crippen molar-refractivity contribution in [2.45, 2.75) is 31.6 Å². The summed E-state index contributed by atoms with van der Waals surface area (Å²) in [5, 5.41) is 0. The van der Waals surface area contributed by atoms with E-state index in [-0.39, 0.29) is 0 Å². The van der Waals surface area contributed by atoms with E-state index >= 15 is 0 Å². The van der Waals surface area contributed by atoms with Gasteiger partial charge in [-0.2, -0.15) is 0 Å². The Kier molecular flexibility index (Phi) is 5.15. The van der Waals surface area contributed by atoms with Gasteiger partial charge in [0.1, 0.15) is 0 Å². The Morgan fingerprint density at radius 2 is 1.57 bits per heavy atom. The van der Waals surface area contributed by atoms with Crippen LogP contribution in [0.1, 0.15) is 23.1 Å². The Hall–Kier alpha value is -1.65. The number of hydrogen-bond donors (Lipinski definition) is 1. The quantitative estimate of drug-likeness (QED) is 0.833. The molecule has 0 saturated heterocycles. The third-order valence-electron chi connectivity index (χ3n) is 3.27. The molecule has 0 saturated carbocycles. The highest BCUT2D eigenvalue weighted by molar-refractivity contribution is 7.89. The van der Waals surface area contributed by atoms with Crippen LogP contribution in [-0.4, -0.2) is 15.0 Å². The molecule has 0 heterocycles. The predicted molar refractivity (Wildman–Crippen MR) is 85.9 cm³/mol. The smallest absolute Gasteiger partial charge is 0.211 e. The number of aryl methyl sites for hydroxylation is 3. The Bertz CT molecular complexity index is 674. The summed E-state index contributed by atoms with van der Waals surface area (Å²) in [5.41, 5.74) is 3.75. The molecule has 4 heteroatoms. The highest BCUT2D eigenvalue weighted by atomic mass is 32.2. The molecule has 0 bridgehead atoms. The van der Waals surface area contributed by atoms with Crippen LogP contribution in [0.4, 0.5) is 0 Å². The maximum atomic E-state index is 12.0. The second-order valence-corrected chi connectivity index (χ2v) is 7.08. The van der Waals surface area contributed by atoms with Crippen molar-refractivity contribution in [2.24, 2.45) is 0 Å². The summed E-state index contributed by atoms with van der Waals surface area (Å²) in [6.45, 7) is 4.60. The van der Waals surface area contributed by atoms with Gasteiger partial charge in [-0.3, -0.25) is 0 Å². The van der Waals surface area contributed by atoms with E-state index in [2.05, 4.69) is 36.8 Å². The van der Waals surface area contributed by atoms with Crippen LogP contribution in [0.25, 0.3) is 0 Å². The van der Waals surface area contributed by atoms with Crippen molar-refractivity contribution in [1.29, 1.82) is 0 Å². The lowest BCUT2D eigenvalue weighted by Crippen LogP contribution is -2.25. The molecule has 2 aromatic rings. The maximum Gasteiger partial charge on any atom is 0.240 e. The fraction of sp³-hybridized carbons (Fsp3) is 0.294. The lowest BCUT2D eigenvalue weighted by atomic mass is 10.0. The minimum atomic E-state index is -3.38. The number of nitrogens with one attached hydrogen (secondary N) is 1. The molecule has 0 aliphatic rings. The number of hydrogen-bond acceptors (Lipinski definition) is 2. The minimum Gasteiger partial charge on any atom is -0.211 e. The van der Waals surface area contributed by atoms with Gasteiger partial charge in [0, 0.05) is 6.54 Å². The number of benzene rings is 2. The molecule has 2 aromatic carbocycles. The van der Waals surface area contributed by atoms with Crippen molar-refractivity contribution in [3.63, 3.8) is 0 Å². The molecule has 0 aromatic heterocycles. The van der Waals surface area contributed by atoms with E-state index in [9.17, 15) is 8.42 Å². The van der Waals surface area contributed by atoms with Gasteiger partial charge in [-0.1, -0.05) is 47.5 Å². The van der Waals surface area contributed by atoms with Gasteiger partial charge in [0.25, 0.3) is 0 Å². The molecule has 112 valence electrons. The van der Waals surface area contributed by atoms with Crippen LogP contribution in [0.15, 0.2) is 53.4 Å². The van der Waals surface area contributed by atoms with E-state index in [1.165, 1.54) is 16.7 Å². The molecule has 0 aliphatic carbocycles. The third kappa shape index (κ3) is 4.69. The molecule has 1 N–H and O–H groups in total. The molecule has 0 aliphatic heterocycles. The fourth-order valence-electron chi connectivity index (χ4n) is 2.40. The van der Waals surface area contributed by atoms with E-state index in [4.69, 9.17) is 0 Å². The van der Waals surface area contributed by atoms with Crippen LogP contribution < -0.4 is 4.72 Å². The Balaban J connectivity index is 1.87. The molecule has 21 heavy (non-hydrogen) atoms. The molecule has 0 fully saturated rings. The first-order valence-corrected chi connectivity index (χ1v) is 8.57. The van der Waals surface area contributed by atoms with Gasteiger partial charge in [-0.25, -0.2) is 13.1 Å². The standard InChI is InChI=1S/C17H21NO2S/c1-14-11-15(2)13-16(12-14)7-6-10-18-21(19,20)17-8-4-3-5-9-17/h3-5,8-9,11-13,18H,6-7,10H2,1-2H3. The Labute approximate surface area is 127 Å². The van der Waals surface area contributed by atoms with Crippen molar-refractivity contribution in [2.75, 3.05) is 6.54 Å². The average molecular weight is 303 g/mol. The van der Waals surface area contributed by atoms with Crippen molar-refractivity contribution in [3.05, 3.63) is 65.2 Å². The van der Waals surface area contributed by atoms with Gasteiger partial charge in [0.05, 0.1) is 4.90 Å². The van der Waals surface area contributed by atoms with Crippen LogP contribution >= 0.6 is 0 Å². The highest BCUT2D eigenvalue weighted by Crippen LogP contribution is 2.11. The van der Waals surface area contributed by atoms with Gasteiger partial charge in [-0.15, -0.1) is 0 Å². The lowest BCUT2D eigenvalue weighted by Gasteiger charge is -2.08. The van der Waals surface area contributed by atoms with E-state index in [0.717, 1.165) is 12.8 Å². The Morgan fingerprint density at radius 3 is 2.19 bits per heavy atom. The van der Waals surface area contributed by atoms with Crippen LogP contribution in [0.2, 0.25) is 0 Å². The first-order chi connectivity index (χ1) is 9.97. The zero-order valence-corrected chi connectivity index (χ0v) is 13.3. The van der Waals surface area contributed by atoms with Crippen LogP contribution in [0, 0.1) is 13.8 Å². The molecule has 0 atom stereocenters. The van der Waals surface area contributed by atoms with E-state index in [1.54, 1.807) is 30.3 Å². The largest absolute Gasteiger partial charge is 0.240 e. The normalized spacial score (nSPS) is 11.5. The number of rotatable bonds is 6. The van der Waals surface area contributed by atoms with Gasteiger partial charge in [0.2, 0.25) is 10.0 Å². The molecule has 0 radical (unpaired) electrons. The van der Waals surface area contributed by atoms with Crippen LogP contribution in [0.5, 0.6) is 0 Å². The molecule has 2 rings (SSSR count). The van der Waals surface area contributed by atoms with E-state index in [1.807, 2.05) is 0 Å². The molecule has 0 spiro atoms. The summed E-state index contributed by atoms with van der Waals surface area (Å²) in [6, 6.07) is 14.9. The van der Waals surface area contributed by atoms with Crippen molar-refractivity contribution in [1.82, 2.24) is 4.72 Å². The van der Waals surface area contributed by atoms with Crippen LogP contribution in [0.3, 0.4) is 0 Å². The number of sulfonamides is 1. The first-order valence-electron chi connectivity index (χ1n) is 7.09. The SMILES string of the molecule is Cc1cc(C)cc(CCCNS(=O)(=O)c2ccccc2)c1. The lowest BCUT2D eigenvalue weighted by molar-refractivity contribution is 0.579. The van der Waals surface area contributed by atoms with Crippen molar-refractivity contribution < 1.29 is 8.42 Å². The predicted octanol–water partition coefficient (Wildman–Crippen LogP) is 3.21. The maximum absolute atomic E-state index is 12.0. The second-order valence-electron chi connectivity index (χ2n) is 5.31. The molecular weight excluding hydrogens is 282 g/mol. The summed E-state index contributed by atoms with van der Waals surface area (Å²) < 4.78 is 26.7. The Morgan fingerprint density at radius 1 is 0.952 bits per heavy atom. The molecule has 3 nitrogen and oxygen atoms in total. The zero-order valence-electron chi connectivity index (χ0n) is 12.5. The summed E-state index contributed by atoms with van der Waals surface area (Å²) in [5.74, 6) is 0. The summed E-state index contributed by atoms with van der Waals surface area (Å²) in [7, 11) is -3.38. The first kappa shape index (κ1) is 15.7. The average Bonchev–Trinajstić information content (AvgIpc) is 2.44. The van der Waals surface area contributed by atoms with E-state index in [0.29, 0.717) is 11.4 Å². The van der Waals surface area contributed by atoms with Gasteiger partial charge in [-0.05, 0) is 44.4 Å². The highest BCUT2D eigenvalue weighted by Gasteiger charge is 2.11. The van der Waals surface area contributed by atoms with E-state index < -0.39 is 10.0 Å².